The van der Waals surface area contributed by atoms with Crippen LogP contribution in [0.2, 0.25) is 0 Å². The molecule has 1 aliphatic rings. The van der Waals surface area contributed by atoms with Gasteiger partial charge in [0.2, 0.25) is 0 Å². The van der Waals surface area contributed by atoms with Crippen molar-refractivity contribution in [3.8, 4) is 11.1 Å². The molecule has 1 fully saturated rings. The predicted molar refractivity (Wildman–Crippen MR) is 81.5 cm³/mol. The van der Waals surface area contributed by atoms with Crippen LogP contribution < -0.4 is 5.73 Å². The Hall–Kier alpha value is -2.15. The highest BCUT2D eigenvalue weighted by Crippen LogP contribution is 2.47. The van der Waals surface area contributed by atoms with E-state index in [-0.39, 0.29) is 35.3 Å². The van der Waals surface area contributed by atoms with Crippen molar-refractivity contribution >= 4 is 5.69 Å². The number of hydrogen-bond donors (Lipinski definition) is 2. The number of nitrogens with zero attached hydrogens (tertiary/aromatic N) is 1. The molecule has 24 heavy (non-hydrogen) atoms. The molecule has 3 N–H and O–H groups in total. The average molecular weight is 340 g/mol. The fraction of sp³-hybridized carbons (Fsp3) is 0.353. The number of rotatable bonds is 2. The van der Waals surface area contributed by atoms with Crippen LogP contribution in [0.4, 0.5) is 23.2 Å². The lowest BCUT2D eigenvalue weighted by molar-refractivity contribution is -0.0837. The van der Waals surface area contributed by atoms with Crippen LogP contribution in [-0.2, 0) is 0 Å². The highest BCUT2D eigenvalue weighted by molar-refractivity contribution is 5.78. The van der Waals surface area contributed by atoms with Crippen molar-refractivity contribution in [1.29, 1.82) is 0 Å². The summed E-state index contributed by atoms with van der Waals surface area (Å²) in [5, 5.41) is 9.72. The standard InChI is InChI=1S/C17H16F4N2O/c18-9-1-2-14(19)12(7-9)11-4-6-23-16(15(11)22)13-8-10(24)3-5-17(13,20)21/h1-2,4,6-7,10,13,24H,3,5,8,22H2. The van der Waals surface area contributed by atoms with Crippen LogP contribution in [0.15, 0.2) is 30.5 Å². The molecule has 0 amide bonds. The molecule has 1 heterocycles. The molecule has 2 unspecified atom stereocenters. The number of aromatic nitrogens is 1. The molecule has 0 radical (unpaired) electrons. The van der Waals surface area contributed by atoms with E-state index < -0.39 is 36.0 Å². The Kier molecular flexibility index (Phi) is 4.21. The van der Waals surface area contributed by atoms with E-state index in [0.717, 1.165) is 18.2 Å². The highest BCUT2D eigenvalue weighted by atomic mass is 19.3. The SMILES string of the molecule is Nc1c(-c2cc(F)ccc2F)ccnc1C1CC(O)CCC1(F)F. The number of aliphatic hydroxyl groups is 1. The van der Waals surface area contributed by atoms with Crippen molar-refractivity contribution in [2.45, 2.75) is 37.2 Å². The Labute approximate surface area is 136 Å². The van der Waals surface area contributed by atoms with Crippen LogP contribution in [0.3, 0.4) is 0 Å². The van der Waals surface area contributed by atoms with Gasteiger partial charge in [0.05, 0.1) is 23.4 Å². The van der Waals surface area contributed by atoms with Crippen LogP contribution >= 0.6 is 0 Å². The molecular weight excluding hydrogens is 324 g/mol. The van der Waals surface area contributed by atoms with Crippen molar-refractivity contribution in [3.63, 3.8) is 0 Å². The van der Waals surface area contributed by atoms with Gasteiger partial charge in [0, 0.05) is 23.7 Å². The van der Waals surface area contributed by atoms with Crippen molar-refractivity contribution in [3.05, 3.63) is 47.8 Å². The first kappa shape index (κ1) is 16.7. The first-order valence-electron chi connectivity index (χ1n) is 7.55. The summed E-state index contributed by atoms with van der Waals surface area (Å²) in [5.41, 5.74) is 5.73. The van der Waals surface area contributed by atoms with Gasteiger partial charge in [0.25, 0.3) is 5.92 Å². The van der Waals surface area contributed by atoms with Crippen molar-refractivity contribution in [2.75, 3.05) is 5.73 Å². The normalized spacial score (nSPS) is 23.2. The fourth-order valence-corrected chi connectivity index (χ4v) is 3.11. The zero-order chi connectivity index (χ0) is 17.5. The molecule has 1 saturated carbocycles. The van der Waals surface area contributed by atoms with Crippen LogP contribution in [0.1, 0.15) is 30.9 Å². The maximum atomic E-state index is 14.2. The summed E-state index contributed by atoms with van der Waals surface area (Å²) in [5.74, 6) is -5.81. The van der Waals surface area contributed by atoms with Crippen molar-refractivity contribution in [2.24, 2.45) is 0 Å². The van der Waals surface area contributed by atoms with Crippen LogP contribution in [-0.4, -0.2) is 22.1 Å². The molecule has 2 atom stereocenters. The average Bonchev–Trinajstić information content (AvgIpc) is 2.53. The van der Waals surface area contributed by atoms with Gasteiger partial charge in [-0.3, -0.25) is 4.98 Å². The van der Waals surface area contributed by atoms with Gasteiger partial charge in [0.15, 0.2) is 0 Å². The Balaban J connectivity index is 2.10. The van der Waals surface area contributed by atoms with E-state index in [4.69, 9.17) is 5.73 Å². The lowest BCUT2D eigenvalue weighted by Crippen LogP contribution is -2.36. The number of nitrogens with two attached hydrogens (primary N) is 1. The monoisotopic (exact) mass is 340 g/mol. The third-order valence-corrected chi connectivity index (χ3v) is 4.40. The fourth-order valence-electron chi connectivity index (χ4n) is 3.11. The van der Waals surface area contributed by atoms with E-state index in [9.17, 15) is 22.7 Å². The number of halogens is 4. The summed E-state index contributed by atoms with van der Waals surface area (Å²) in [6, 6.07) is 4.22. The molecule has 3 rings (SSSR count). The Bertz CT molecular complexity index is 766. The summed E-state index contributed by atoms with van der Waals surface area (Å²) in [4.78, 5) is 3.94. The molecule has 0 saturated heterocycles. The lowest BCUT2D eigenvalue weighted by atomic mass is 9.80. The predicted octanol–water partition coefficient (Wildman–Crippen LogP) is 3.87. The number of anilines is 1. The second-order valence-electron chi connectivity index (χ2n) is 6.02. The molecule has 1 aliphatic carbocycles. The second kappa shape index (κ2) is 6.05. The maximum absolute atomic E-state index is 14.2. The summed E-state index contributed by atoms with van der Waals surface area (Å²) < 4.78 is 55.9. The minimum atomic E-state index is -3.07. The molecule has 0 aliphatic heterocycles. The summed E-state index contributed by atoms with van der Waals surface area (Å²) in [6.07, 6.45) is -0.285. The quantitative estimate of drug-likeness (QED) is 0.816. The topological polar surface area (TPSA) is 59.1 Å². The Morgan fingerprint density at radius 2 is 1.92 bits per heavy atom. The van der Waals surface area contributed by atoms with Crippen LogP contribution in [0, 0.1) is 11.6 Å². The molecule has 3 nitrogen and oxygen atoms in total. The number of hydrogen-bond acceptors (Lipinski definition) is 3. The zero-order valence-corrected chi connectivity index (χ0v) is 12.6. The molecule has 128 valence electrons. The minimum absolute atomic E-state index is 0.00161. The van der Waals surface area contributed by atoms with Crippen molar-refractivity contribution < 1.29 is 22.7 Å². The number of aliphatic hydroxyl groups excluding tert-OH is 1. The minimum Gasteiger partial charge on any atom is -0.397 e. The highest BCUT2D eigenvalue weighted by Gasteiger charge is 2.46. The third kappa shape index (κ3) is 2.96. The second-order valence-corrected chi connectivity index (χ2v) is 6.02. The van der Waals surface area contributed by atoms with E-state index in [0.29, 0.717) is 0 Å². The smallest absolute Gasteiger partial charge is 0.256 e. The molecule has 7 heteroatoms. The number of pyridine rings is 1. The lowest BCUT2D eigenvalue weighted by Gasteiger charge is -2.34. The van der Waals surface area contributed by atoms with Gasteiger partial charge in [0.1, 0.15) is 11.6 Å². The van der Waals surface area contributed by atoms with E-state index in [2.05, 4.69) is 4.98 Å². The molecule has 1 aromatic heterocycles. The molecule has 0 bridgehead atoms. The number of alkyl halides is 2. The first-order valence-corrected chi connectivity index (χ1v) is 7.55. The van der Waals surface area contributed by atoms with Gasteiger partial charge in [-0.05, 0) is 37.1 Å². The molecule has 2 aromatic rings. The van der Waals surface area contributed by atoms with E-state index in [1.165, 1.54) is 12.3 Å². The molecule has 0 spiro atoms. The molecule has 1 aromatic carbocycles. The zero-order valence-electron chi connectivity index (χ0n) is 12.6. The Morgan fingerprint density at radius 3 is 2.67 bits per heavy atom. The van der Waals surface area contributed by atoms with Gasteiger partial charge >= 0.3 is 0 Å². The molecular formula is C17H16F4N2O. The summed E-state index contributed by atoms with van der Waals surface area (Å²) in [6.45, 7) is 0. The van der Waals surface area contributed by atoms with Gasteiger partial charge in [-0.15, -0.1) is 0 Å². The van der Waals surface area contributed by atoms with Crippen LogP contribution in [0.25, 0.3) is 11.1 Å². The summed E-state index contributed by atoms with van der Waals surface area (Å²) >= 11 is 0. The Morgan fingerprint density at radius 1 is 1.17 bits per heavy atom. The van der Waals surface area contributed by atoms with E-state index in [1.54, 1.807) is 0 Å². The number of benzene rings is 1. The number of nitrogen functional groups attached to an aromatic ring is 1. The third-order valence-electron chi connectivity index (χ3n) is 4.40. The maximum Gasteiger partial charge on any atom is 0.256 e. The summed E-state index contributed by atoms with van der Waals surface area (Å²) in [7, 11) is 0. The van der Waals surface area contributed by atoms with Crippen molar-refractivity contribution in [1.82, 2.24) is 4.98 Å². The van der Waals surface area contributed by atoms with Gasteiger partial charge in [-0.1, -0.05) is 0 Å². The largest absolute Gasteiger partial charge is 0.397 e. The van der Waals surface area contributed by atoms with E-state index in [1.807, 2.05) is 0 Å². The van der Waals surface area contributed by atoms with E-state index >= 15 is 0 Å². The first-order chi connectivity index (χ1) is 11.3. The van der Waals surface area contributed by atoms with Crippen LogP contribution in [0.5, 0.6) is 0 Å². The van der Waals surface area contributed by atoms with Gasteiger partial charge in [-0.25, -0.2) is 17.6 Å². The van der Waals surface area contributed by atoms with Gasteiger partial charge < -0.3 is 10.8 Å². The van der Waals surface area contributed by atoms with Gasteiger partial charge in [-0.2, -0.15) is 0 Å².